The molecule has 0 bridgehead atoms. The van der Waals surface area contributed by atoms with Crippen LogP contribution in [-0.4, -0.2) is 37.2 Å². The first kappa shape index (κ1) is 75.8. The summed E-state index contributed by atoms with van der Waals surface area (Å²) < 4.78 is 16.9. The zero-order valence-corrected chi connectivity index (χ0v) is 52.0. The van der Waals surface area contributed by atoms with Crippen molar-refractivity contribution < 1.29 is 28.6 Å². The van der Waals surface area contributed by atoms with Crippen molar-refractivity contribution in [3.63, 3.8) is 0 Å². The van der Waals surface area contributed by atoms with E-state index in [-0.39, 0.29) is 37.5 Å². The molecular formula is C75H118O6. The molecular weight excluding hydrogens is 997 g/mol. The van der Waals surface area contributed by atoms with Gasteiger partial charge < -0.3 is 14.2 Å². The molecule has 0 amide bonds. The summed E-state index contributed by atoms with van der Waals surface area (Å²) >= 11 is 0. The van der Waals surface area contributed by atoms with Gasteiger partial charge in [-0.15, -0.1) is 0 Å². The smallest absolute Gasteiger partial charge is 0.306 e. The Balaban J connectivity index is 4.55. The highest BCUT2D eigenvalue weighted by atomic mass is 16.6. The van der Waals surface area contributed by atoms with E-state index in [9.17, 15) is 14.4 Å². The van der Waals surface area contributed by atoms with Gasteiger partial charge in [-0.05, 0) is 148 Å². The van der Waals surface area contributed by atoms with Crippen molar-refractivity contribution in [2.75, 3.05) is 13.2 Å². The molecule has 6 nitrogen and oxygen atoms in total. The van der Waals surface area contributed by atoms with Gasteiger partial charge in [0.15, 0.2) is 6.10 Å². The fraction of sp³-hybridized carbons (Fsp3) is 0.587. The van der Waals surface area contributed by atoms with Crippen LogP contribution < -0.4 is 0 Å². The van der Waals surface area contributed by atoms with Gasteiger partial charge in [0.1, 0.15) is 13.2 Å². The van der Waals surface area contributed by atoms with Gasteiger partial charge in [0.05, 0.1) is 0 Å². The number of hydrogen-bond acceptors (Lipinski definition) is 6. The SMILES string of the molecule is CC/C=C\C/C=C\C/C=C\C/C=C\C/C=C\C/C=C\C/C=C\CCCC(=O)OCC(COC(=O)CCCCCCCCC/C=C\C/C=C\CCCCC)OC(=O)CCCCCCCCC/C=C\C/C=C\C/C=C\C/C=C\C/C=C\CC. The van der Waals surface area contributed by atoms with Crippen LogP contribution in [0.4, 0.5) is 0 Å². The van der Waals surface area contributed by atoms with Crippen LogP contribution in [0.25, 0.3) is 0 Å². The molecule has 6 heteroatoms. The highest BCUT2D eigenvalue weighted by molar-refractivity contribution is 5.71. The second-order valence-corrected chi connectivity index (χ2v) is 20.9. The molecule has 0 saturated heterocycles. The van der Waals surface area contributed by atoms with Crippen molar-refractivity contribution in [2.45, 2.75) is 271 Å². The Morgan fingerprint density at radius 3 is 0.802 bits per heavy atom. The van der Waals surface area contributed by atoms with Crippen LogP contribution in [0.15, 0.2) is 170 Å². The average molecular weight is 1120 g/mol. The van der Waals surface area contributed by atoms with Gasteiger partial charge in [0.2, 0.25) is 0 Å². The Morgan fingerprint density at radius 1 is 0.259 bits per heavy atom. The molecule has 0 rings (SSSR count). The summed E-state index contributed by atoms with van der Waals surface area (Å²) in [5.41, 5.74) is 0. The molecule has 1 atom stereocenters. The minimum absolute atomic E-state index is 0.113. The third kappa shape index (κ3) is 65.5. The fourth-order valence-corrected chi connectivity index (χ4v) is 8.37. The van der Waals surface area contributed by atoms with Crippen LogP contribution in [0.2, 0.25) is 0 Å². The van der Waals surface area contributed by atoms with Crippen LogP contribution in [-0.2, 0) is 28.6 Å². The van der Waals surface area contributed by atoms with Gasteiger partial charge in [0, 0.05) is 19.3 Å². The topological polar surface area (TPSA) is 78.9 Å². The highest BCUT2D eigenvalue weighted by Crippen LogP contribution is 2.14. The maximum Gasteiger partial charge on any atom is 0.306 e. The minimum Gasteiger partial charge on any atom is -0.462 e. The van der Waals surface area contributed by atoms with Crippen molar-refractivity contribution in [3.8, 4) is 0 Å². The summed E-state index contributed by atoms with van der Waals surface area (Å²) in [6.07, 6.45) is 99.2. The van der Waals surface area contributed by atoms with Crippen LogP contribution in [0.5, 0.6) is 0 Å². The Hall–Kier alpha value is -5.23. The normalized spacial score (nSPS) is 13.3. The predicted molar refractivity (Wildman–Crippen MR) is 352 cm³/mol. The fourth-order valence-electron chi connectivity index (χ4n) is 8.37. The van der Waals surface area contributed by atoms with Crippen molar-refractivity contribution in [3.05, 3.63) is 170 Å². The lowest BCUT2D eigenvalue weighted by molar-refractivity contribution is -0.167. The van der Waals surface area contributed by atoms with E-state index in [1.165, 1.54) is 70.6 Å². The molecule has 0 saturated carbocycles. The molecule has 0 aromatic carbocycles. The van der Waals surface area contributed by atoms with Crippen molar-refractivity contribution >= 4 is 17.9 Å². The quantitative estimate of drug-likeness (QED) is 0.0261. The molecule has 0 aliphatic rings. The van der Waals surface area contributed by atoms with E-state index in [4.69, 9.17) is 14.2 Å². The highest BCUT2D eigenvalue weighted by Gasteiger charge is 2.19. The summed E-state index contributed by atoms with van der Waals surface area (Å²) in [6, 6.07) is 0. The number of allylic oxidation sites excluding steroid dienone is 28. The summed E-state index contributed by atoms with van der Waals surface area (Å²) in [7, 11) is 0. The third-order valence-corrected chi connectivity index (χ3v) is 13.2. The molecule has 0 N–H and O–H groups in total. The van der Waals surface area contributed by atoms with E-state index in [2.05, 4.69) is 191 Å². The first-order valence-electron chi connectivity index (χ1n) is 32.6. The van der Waals surface area contributed by atoms with E-state index in [1.54, 1.807) is 0 Å². The lowest BCUT2D eigenvalue weighted by Crippen LogP contribution is -2.30. The number of esters is 3. The number of carbonyl (C=O) groups is 3. The predicted octanol–water partition coefficient (Wildman–Crippen LogP) is 22.7. The molecule has 0 aromatic heterocycles. The molecule has 0 fully saturated rings. The molecule has 0 radical (unpaired) electrons. The van der Waals surface area contributed by atoms with E-state index in [1.807, 2.05) is 0 Å². The van der Waals surface area contributed by atoms with Gasteiger partial charge in [-0.3, -0.25) is 14.4 Å². The standard InChI is InChI=1S/C75H118O6/c1-4-7-10-13-16-19-22-25-28-31-33-35-37-39-41-44-47-50-53-56-59-62-65-68-74(77)80-71-72(70-79-73(76)67-64-61-58-55-52-49-46-43-30-27-24-21-18-15-12-9-6-3)81-75(78)69-66-63-60-57-54-51-48-45-42-40-38-36-34-32-29-26-23-20-17-14-11-8-5-2/h7-8,10-11,16-21,25-30,33-36,39-42,47,50,56,59,72H,4-6,9,12-15,22-24,31-32,37-38,43-46,48-49,51-55,57-58,60-71H2,1-3H3/b10-7-,11-8-,19-16-,20-17-,21-18-,28-25-,29-26-,30-27-,35-33-,36-34-,41-39-,42-40-,50-47-,59-56-. The molecule has 81 heavy (non-hydrogen) atoms. The summed E-state index contributed by atoms with van der Waals surface area (Å²) in [5.74, 6) is -0.996. The Kier molecular flexibility index (Phi) is 62.9. The summed E-state index contributed by atoms with van der Waals surface area (Å²) in [4.78, 5) is 38.4. The Labute approximate surface area is 498 Å². The Bertz CT molecular complexity index is 1860. The lowest BCUT2D eigenvalue weighted by atomic mass is 10.1. The molecule has 0 aliphatic carbocycles. The zero-order valence-electron chi connectivity index (χ0n) is 52.0. The minimum atomic E-state index is -0.823. The Morgan fingerprint density at radius 2 is 0.494 bits per heavy atom. The second-order valence-electron chi connectivity index (χ2n) is 20.9. The number of hydrogen-bond donors (Lipinski definition) is 0. The van der Waals surface area contributed by atoms with Crippen LogP contribution in [0.1, 0.15) is 265 Å². The van der Waals surface area contributed by atoms with Gasteiger partial charge in [-0.1, -0.05) is 268 Å². The van der Waals surface area contributed by atoms with E-state index < -0.39 is 6.10 Å². The molecule has 454 valence electrons. The number of carbonyl (C=O) groups excluding carboxylic acids is 3. The summed E-state index contributed by atoms with van der Waals surface area (Å²) in [5, 5.41) is 0. The maximum atomic E-state index is 12.9. The third-order valence-electron chi connectivity index (χ3n) is 13.2. The molecule has 0 spiro atoms. The first-order valence-corrected chi connectivity index (χ1v) is 32.6. The molecule has 1 unspecified atom stereocenters. The zero-order chi connectivity index (χ0) is 58.5. The van der Waals surface area contributed by atoms with Crippen LogP contribution in [0, 0.1) is 0 Å². The number of unbranched alkanes of at least 4 members (excludes halogenated alkanes) is 18. The summed E-state index contributed by atoms with van der Waals surface area (Å²) in [6.45, 7) is 6.32. The lowest BCUT2D eigenvalue weighted by Gasteiger charge is -2.18. The number of ether oxygens (including phenoxy) is 3. The van der Waals surface area contributed by atoms with Crippen molar-refractivity contribution in [1.29, 1.82) is 0 Å². The second kappa shape index (κ2) is 67.3. The van der Waals surface area contributed by atoms with Crippen molar-refractivity contribution in [1.82, 2.24) is 0 Å². The molecule has 0 aliphatic heterocycles. The molecule has 0 aromatic rings. The largest absolute Gasteiger partial charge is 0.462 e. The number of rotatable bonds is 57. The van der Waals surface area contributed by atoms with Gasteiger partial charge in [-0.25, -0.2) is 0 Å². The monoisotopic (exact) mass is 1110 g/mol. The van der Waals surface area contributed by atoms with E-state index in [0.29, 0.717) is 19.3 Å². The first-order chi connectivity index (χ1) is 40.0. The maximum absolute atomic E-state index is 12.9. The van der Waals surface area contributed by atoms with E-state index >= 15 is 0 Å². The van der Waals surface area contributed by atoms with Gasteiger partial charge >= 0.3 is 17.9 Å². The van der Waals surface area contributed by atoms with Crippen molar-refractivity contribution in [2.24, 2.45) is 0 Å². The van der Waals surface area contributed by atoms with E-state index in [0.717, 1.165) is 148 Å². The molecule has 0 heterocycles. The van der Waals surface area contributed by atoms with Gasteiger partial charge in [0.25, 0.3) is 0 Å². The average Bonchev–Trinajstić information content (AvgIpc) is 3.47. The van der Waals surface area contributed by atoms with Crippen LogP contribution >= 0.6 is 0 Å². The van der Waals surface area contributed by atoms with Crippen LogP contribution in [0.3, 0.4) is 0 Å². The van der Waals surface area contributed by atoms with Gasteiger partial charge in [-0.2, -0.15) is 0 Å².